The normalized spacial score (nSPS) is 13.9. The summed E-state index contributed by atoms with van der Waals surface area (Å²) in [6, 6.07) is 19.1. The molecular formula is C23H23ClN4O2. The lowest BCUT2D eigenvalue weighted by Gasteiger charge is -2.35. The van der Waals surface area contributed by atoms with Gasteiger partial charge in [-0.1, -0.05) is 35.9 Å². The zero-order valence-corrected chi connectivity index (χ0v) is 17.5. The third-order valence-electron chi connectivity index (χ3n) is 5.26. The Kier molecular flexibility index (Phi) is 6.14. The molecule has 0 saturated carbocycles. The Morgan fingerprint density at radius 2 is 1.70 bits per heavy atom. The van der Waals surface area contributed by atoms with Gasteiger partial charge in [-0.15, -0.1) is 10.2 Å². The summed E-state index contributed by atoms with van der Waals surface area (Å²) in [7, 11) is 1.65. The van der Waals surface area contributed by atoms with Crippen molar-refractivity contribution < 1.29 is 9.53 Å². The molecule has 154 valence electrons. The monoisotopic (exact) mass is 422 g/mol. The topological polar surface area (TPSA) is 58.6 Å². The van der Waals surface area contributed by atoms with Gasteiger partial charge < -0.3 is 14.5 Å². The fourth-order valence-corrected chi connectivity index (χ4v) is 3.69. The van der Waals surface area contributed by atoms with Gasteiger partial charge in [0.2, 0.25) is 5.91 Å². The second kappa shape index (κ2) is 9.13. The number of carbonyl (C=O) groups excluding carboxylic acids is 1. The Morgan fingerprint density at radius 1 is 0.967 bits per heavy atom. The molecule has 1 amide bonds. The number of aromatic nitrogens is 2. The molecule has 2 heterocycles. The quantitative estimate of drug-likeness (QED) is 0.627. The predicted molar refractivity (Wildman–Crippen MR) is 118 cm³/mol. The van der Waals surface area contributed by atoms with Gasteiger partial charge in [0.1, 0.15) is 5.75 Å². The maximum Gasteiger partial charge on any atom is 0.227 e. The van der Waals surface area contributed by atoms with Crippen molar-refractivity contribution in [2.75, 3.05) is 38.2 Å². The zero-order valence-electron chi connectivity index (χ0n) is 16.8. The first kappa shape index (κ1) is 20.2. The van der Waals surface area contributed by atoms with Crippen LogP contribution in [0.15, 0.2) is 60.7 Å². The lowest BCUT2D eigenvalue weighted by atomic mass is 10.1. The Hall–Kier alpha value is -3.12. The van der Waals surface area contributed by atoms with Gasteiger partial charge in [-0.05, 0) is 42.0 Å². The van der Waals surface area contributed by atoms with Crippen molar-refractivity contribution in [3.8, 4) is 17.0 Å². The summed E-state index contributed by atoms with van der Waals surface area (Å²) in [6.45, 7) is 2.80. The molecule has 0 atom stereocenters. The molecule has 0 bridgehead atoms. The second-order valence-corrected chi connectivity index (χ2v) is 7.58. The van der Waals surface area contributed by atoms with E-state index in [1.165, 1.54) is 0 Å². The summed E-state index contributed by atoms with van der Waals surface area (Å²) in [5.41, 5.74) is 2.66. The van der Waals surface area contributed by atoms with E-state index in [4.69, 9.17) is 16.3 Å². The SMILES string of the molecule is COc1ccccc1-c1ccc(N2CCN(C(=O)Cc3ccc(Cl)cc3)CC2)nn1. The molecule has 3 aromatic rings. The minimum Gasteiger partial charge on any atom is -0.496 e. The summed E-state index contributed by atoms with van der Waals surface area (Å²) < 4.78 is 5.41. The van der Waals surface area contributed by atoms with Crippen LogP contribution in [0.4, 0.5) is 5.82 Å². The van der Waals surface area contributed by atoms with E-state index in [-0.39, 0.29) is 5.91 Å². The Labute approximate surface area is 181 Å². The minimum absolute atomic E-state index is 0.134. The van der Waals surface area contributed by atoms with Crippen molar-refractivity contribution in [1.82, 2.24) is 15.1 Å². The fraction of sp³-hybridized carbons (Fsp3) is 0.261. The van der Waals surface area contributed by atoms with Crippen LogP contribution in [0.2, 0.25) is 5.02 Å². The number of anilines is 1. The highest BCUT2D eigenvalue weighted by molar-refractivity contribution is 6.30. The highest BCUT2D eigenvalue weighted by atomic mass is 35.5. The molecule has 0 aliphatic carbocycles. The molecule has 1 aliphatic rings. The Bertz CT molecular complexity index is 1000. The molecule has 30 heavy (non-hydrogen) atoms. The number of piperazine rings is 1. The Morgan fingerprint density at radius 3 is 2.37 bits per heavy atom. The summed E-state index contributed by atoms with van der Waals surface area (Å²) >= 11 is 5.91. The highest BCUT2D eigenvalue weighted by Gasteiger charge is 2.22. The maximum atomic E-state index is 12.6. The lowest BCUT2D eigenvalue weighted by Crippen LogP contribution is -2.49. The molecule has 0 radical (unpaired) electrons. The summed E-state index contributed by atoms with van der Waals surface area (Å²) in [4.78, 5) is 16.7. The van der Waals surface area contributed by atoms with Crippen molar-refractivity contribution in [2.45, 2.75) is 6.42 Å². The van der Waals surface area contributed by atoms with Crippen LogP contribution in [0.1, 0.15) is 5.56 Å². The van der Waals surface area contributed by atoms with Crippen LogP contribution in [0.3, 0.4) is 0 Å². The standard InChI is InChI=1S/C23H23ClN4O2/c1-30-21-5-3-2-4-19(21)20-10-11-22(26-25-20)27-12-14-28(15-13-27)23(29)16-17-6-8-18(24)9-7-17/h2-11H,12-16H2,1H3. The largest absolute Gasteiger partial charge is 0.496 e. The number of halogens is 1. The van der Waals surface area contributed by atoms with Crippen molar-refractivity contribution in [2.24, 2.45) is 0 Å². The van der Waals surface area contributed by atoms with E-state index in [9.17, 15) is 4.79 Å². The molecule has 1 aromatic heterocycles. The van der Waals surface area contributed by atoms with Gasteiger partial charge in [-0.25, -0.2) is 0 Å². The van der Waals surface area contributed by atoms with E-state index < -0.39 is 0 Å². The summed E-state index contributed by atoms with van der Waals surface area (Å²) in [6.07, 6.45) is 0.393. The first-order chi connectivity index (χ1) is 14.6. The van der Waals surface area contributed by atoms with E-state index >= 15 is 0 Å². The molecule has 1 aliphatic heterocycles. The van der Waals surface area contributed by atoms with E-state index in [0.29, 0.717) is 24.5 Å². The molecule has 6 nitrogen and oxygen atoms in total. The summed E-state index contributed by atoms with van der Waals surface area (Å²) in [5.74, 6) is 1.72. The van der Waals surface area contributed by atoms with Crippen LogP contribution < -0.4 is 9.64 Å². The smallest absolute Gasteiger partial charge is 0.227 e. The number of rotatable bonds is 5. The van der Waals surface area contributed by atoms with Gasteiger partial charge >= 0.3 is 0 Å². The third kappa shape index (κ3) is 4.54. The van der Waals surface area contributed by atoms with Crippen LogP contribution in [0.25, 0.3) is 11.3 Å². The Balaban J connectivity index is 1.36. The third-order valence-corrected chi connectivity index (χ3v) is 5.51. The van der Waals surface area contributed by atoms with Crippen molar-refractivity contribution in [1.29, 1.82) is 0 Å². The average molecular weight is 423 g/mol. The van der Waals surface area contributed by atoms with Crippen molar-refractivity contribution in [3.63, 3.8) is 0 Å². The van der Waals surface area contributed by atoms with Gasteiger partial charge in [0.25, 0.3) is 0 Å². The first-order valence-electron chi connectivity index (χ1n) is 9.88. The second-order valence-electron chi connectivity index (χ2n) is 7.15. The van der Waals surface area contributed by atoms with Crippen molar-refractivity contribution in [3.05, 3.63) is 71.2 Å². The number of methoxy groups -OCH3 is 1. The van der Waals surface area contributed by atoms with Gasteiger partial charge in [-0.3, -0.25) is 4.79 Å². The lowest BCUT2D eigenvalue weighted by molar-refractivity contribution is -0.130. The van der Waals surface area contributed by atoms with Crippen LogP contribution >= 0.6 is 11.6 Å². The van der Waals surface area contributed by atoms with Crippen LogP contribution in [0.5, 0.6) is 5.75 Å². The molecule has 7 heteroatoms. The predicted octanol–water partition coefficient (Wildman–Crippen LogP) is 3.70. The molecule has 1 fully saturated rings. The number of ether oxygens (including phenoxy) is 1. The average Bonchev–Trinajstić information content (AvgIpc) is 2.81. The van der Waals surface area contributed by atoms with Crippen LogP contribution in [-0.2, 0) is 11.2 Å². The van der Waals surface area contributed by atoms with Crippen LogP contribution in [0, 0.1) is 0 Å². The van der Waals surface area contributed by atoms with E-state index in [0.717, 1.165) is 41.5 Å². The number of hydrogen-bond acceptors (Lipinski definition) is 5. The van der Waals surface area contributed by atoms with Gasteiger partial charge in [0, 0.05) is 36.8 Å². The molecular weight excluding hydrogens is 400 g/mol. The fourth-order valence-electron chi connectivity index (χ4n) is 3.57. The molecule has 0 unspecified atom stereocenters. The van der Waals surface area contributed by atoms with E-state index in [2.05, 4.69) is 15.1 Å². The molecule has 0 N–H and O–H groups in total. The van der Waals surface area contributed by atoms with Crippen molar-refractivity contribution >= 4 is 23.3 Å². The number of para-hydroxylation sites is 1. The first-order valence-corrected chi connectivity index (χ1v) is 10.3. The minimum atomic E-state index is 0.134. The number of nitrogens with zero attached hydrogens (tertiary/aromatic N) is 4. The molecule has 1 saturated heterocycles. The number of hydrogen-bond donors (Lipinski definition) is 0. The highest BCUT2D eigenvalue weighted by Crippen LogP contribution is 2.28. The number of benzene rings is 2. The van der Waals surface area contributed by atoms with Crippen LogP contribution in [-0.4, -0.2) is 54.3 Å². The zero-order chi connectivity index (χ0) is 20.9. The number of carbonyl (C=O) groups is 1. The van der Waals surface area contributed by atoms with Gasteiger partial charge in [-0.2, -0.15) is 0 Å². The van der Waals surface area contributed by atoms with Gasteiger partial charge in [0.05, 0.1) is 19.2 Å². The number of amides is 1. The van der Waals surface area contributed by atoms with Gasteiger partial charge in [0.15, 0.2) is 5.82 Å². The van der Waals surface area contributed by atoms with E-state index in [1.807, 2.05) is 65.6 Å². The molecule has 4 rings (SSSR count). The maximum absolute atomic E-state index is 12.6. The van der Waals surface area contributed by atoms with E-state index in [1.54, 1.807) is 7.11 Å². The summed E-state index contributed by atoms with van der Waals surface area (Å²) in [5, 5.41) is 9.47. The molecule has 2 aromatic carbocycles. The molecule has 0 spiro atoms.